The summed E-state index contributed by atoms with van der Waals surface area (Å²) in [6.07, 6.45) is 5.92. The smallest absolute Gasteiger partial charge is 0.256 e. The highest BCUT2D eigenvalue weighted by Crippen LogP contribution is 2.24. The zero-order chi connectivity index (χ0) is 17.8. The van der Waals surface area contributed by atoms with Gasteiger partial charge in [0.1, 0.15) is 5.82 Å². The summed E-state index contributed by atoms with van der Waals surface area (Å²) in [5, 5.41) is 0. The van der Waals surface area contributed by atoms with Crippen LogP contribution < -0.4 is 0 Å². The number of hydrogen-bond acceptors (Lipinski definition) is 2. The van der Waals surface area contributed by atoms with E-state index in [4.69, 9.17) is 0 Å². The first kappa shape index (κ1) is 18.4. The second-order valence-electron chi connectivity index (χ2n) is 6.93. The molecule has 2 fully saturated rings. The minimum absolute atomic E-state index is 0.00286. The van der Waals surface area contributed by atoms with E-state index in [0.29, 0.717) is 30.4 Å². The summed E-state index contributed by atoms with van der Waals surface area (Å²) in [7, 11) is 0. The van der Waals surface area contributed by atoms with Gasteiger partial charge in [0.05, 0.1) is 5.56 Å². The van der Waals surface area contributed by atoms with Gasteiger partial charge in [-0.25, -0.2) is 4.39 Å². The molecule has 0 spiro atoms. The average molecular weight is 411 g/mol. The van der Waals surface area contributed by atoms with Crippen LogP contribution in [0.1, 0.15) is 48.9 Å². The molecule has 2 heterocycles. The minimum Gasteiger partial charge on any atom is -0.342 e. The van der Waals surface area contributed by atoms with Gasteiger partial charge < -0.3 is 9.80 Å². The molecule has 2 aliphatic heterocycles. The molecule has 0 bridgehead atoms. The monoisotopic (exact) mass is 410 g/mol. The van der Waals surface area contributed by atoms with E-state index >= 15 is 0 Å². The molecule has 0 aromatic heterocycles. The number of hydrogen-bond donors (Lipinski definition) is 0. The summed E-state index contributed by atoms with van der Waals surface area (Å²) in [6.45, 7) is 2.75. The van der Waals surface area contributed by atoms with Gasteiger partial charge in [-0.3, -0.25) is 9.59 Å². The van der Waals surface area contributed by atoms with Crippen LogP contribution in [0.25, 0.3) is 0 Å². The molecule has 6 heteroatoms. The second-order valence-corrected chi connectivity index (χ2v) is 7.85. The summed E-state index contributed by atoms with van der Waals surface area (Å²) in [4.78, 5) is 28.9. The minimum atomic E-state index is -0.512. The Balaban J connectivity index is 1.57. The van der Waals surface area contributed by atoms with Crippen LogP contribution in [0.4, 0.5) is 4.39 Å². The quantitative estimate of drug-likeness (QED) is 0.742. The molecule has 0 saturated carbocycles. The number of carbonyl (C=O) groups excluding carboxylic acids is 2. The van der Waals surface area contributed by atoms with Crippen molar-refractivity contribution in [2.45, 2.75) is 38.5 Å². The Morgan fingerprint density at radius 1 is 0.960 bits per heavy atom. The standard InChI is InChI=1S/C19H24BrFN2O2/c20-15-5-6-16(17(21)13-15)19(25)23-11-7-14(8-12-23)18(24)22-9-3-1-2-4-10-22/h5-6,13-14H,1-4,7-12H2. The first-order valence-corrected chi connectivity index (χ1v) is 9.88. The van der Waals surface area contributed by atoms with E-state index in [0.717, 1.165) is 25.9 Å². The summed E-state index contributed by atoms with van der Waals surface area (Å²) >= 11 is 3.20. The number of benzene rings is 1. The predicted molar refractivity (Wildman–Crippen MR) is 97.8 cm³/mol. The summed E-state index contributed by atoms with van der Waals surface area (Å²) in [5.41, 5.74) is 0.0977. The summed E-state index contributed by atoms with van der Waals surface area (Å²) < 4.78 is 14.6. The van der Waals surface area contributed by atoms with Crippen molar-refractivity contribution in [3.63, 3.8) is 0 Å². The van der Waals surface area contributed by atoms with Crippen LogP contribution in [0.2, 0.25) is 0 Å². The maximum atomic E-state index is 14.0. The fourth-order valence-electron chi connectivity index (χ4n) is 3.71. The second kappa shape index (κ2) is 8.30. The van der Waals surface area contributed by atoms with Gasteiger partial charge in [-0.1, -0.05) is 28.8 Å². The maximum Gasteiger partial charge on any atom is 0.256 e. The molecular weight excluding hydrogens is 387 g/mol. The van der Waals surface area contributed by atoms with E-state index in [1.807, 2.05) is 4.90 Å². The van der Waals surface area contributed by atoms with Gasteiger partial charge in [-0.15, -0.1) is 0 Å². The number of halogens is 2. The highest BCUT2D eigenvalue weighted by atomic mass is 79.9. The predicted octanol–water partition coefficient (Wildman–Crippen LogP) is 3.84. The highest BCUT2D eigenvalue weighted by Gasteiger charge is 2.31. The van der Waals surface area contributed by atoms with Crippen molar-refractivity contribution >= 4 is 27.7 Å². The number of amides is 2. The first-order chi connectivity index (χ1) is 12.1. The lowest BCUT2D eigenvalue weighted by Gasteiger charge is -2.34. The third-order valence-electron chi connectivity index (χ3n) is 5.21. The number of likely N-dealkylation sites (tertiary alicyclic amines) is 2. The normalized spacial score (nSPS) is 19.6. The molecule has 4 nitrogen and oxygen atoms in total. The third kappa shape index (κ3) is 4.40. The van der Waals surface area contributed by atoms with E-state index in [9.17, 15) is 14.0 Å². The SMILES string of the molecule is O=C(c1ccc(Br)cc1F)N1CCC(C(=O)N2CCCCCC2)CC1. The molecule has 2 saturated heterocycles. The van der Waals surface area contributed by atoms with E-state index in [2.05, 4.69) is 15.9 Å². The van der Waals surface area contributed by atoms with Gasteiger partial charge in [-0.2, -0.15) is 0 Å². The van der Waals surface area contributed by atoms with Crippen molar-refractivity contribution < 1.29 is 14.0 Å². The van der Waals surface area contributed by atoms with Crippen molar-refractivity contribution in [1.82, 2.24) is 9.80 Å². The van der Waals surface area contributed by atoms with Gasteiger partial charge >= 0.3 is 0 Å². The van der Waals surface area contributed by atoms with Gasteiger partial charge in [0, 0.05) is 36.6 Å². The molecule has 1 aromatic carbocycles. The van der Waals surface area contributed by atoms with Crippen LogP contribution in [0.3, 0.4) is 0 Å². The molecule has 25 heavy (non-hydrogen) atoms. The van der Waals surface area contributed by atoms with Gasteiger partial charge in [0.15, 0.2) is 0 Å². The number of carbonyl (C=O) groups is 2. The summed E-state index contributed by atoms with van der Waals surface area (Å²) in [6, 6.07) is 4.49. The first-order valence-electron chi connectivity index (χ1n) is 9.09. The van der Waals surface area contributed by atoms with Crippen molar-refractivity contribution in [1.29, 1.82) is 0 Å². The zero-order valence-corrected chi connectivity index (χ0v) is 15.9. The Kier molecular flexibility index (Phi) is 6.10. The lowest BCUT2D eigenvalue weighted by molar-refractivity contribution is -0.136. The Bertz CT molecular complexity index is 636. The van der Waals surface area contributed by atoms with Crippen LogP contribution in [-0.4, -0.2) is 47.8 Å². The molecule has 3 rings (SSSR count). The lowest BCUT2D eigenvalue weighted by atomic mass is 9.94. The van der Waals surface area contributed by atoms with Crippen LogP contribution in [0.15, 0.2) is 22.7 Å². The van der Waals surface area contributed by atoms with Crippen molar-refractivity contribution in [3.8, 4) is 0 Å². The van der Waals surface area contributed by atoms with Crippen molar-refractivity contribution in [2.75, 3.05) is 26.2 Å². The van der Waals surface area contributed by atoms with Crippen LogP contribution in [0, 0.1) is 11.7 Å². The molecule has 0 radical (unpaired) electrons. The van der Waals surface area contributed by atoms with Gasteiger partial charge in [-0.05, 0) is 43.9 Å². The fourth-order valence-corrected chi connectivity index (χ4v) is 4.05. The van der Waals surface area contributed by atoms with Crippen LogP contribution >= 0.6 is 15.9 Å². The lowest BCUT2D eigenvalue weighted by Crippen LogP contribution is -2.44. The van der Waals surface area contributed by atoms with Gasteiger partial charge in [0.25, 0.3) is 5.91 Å². The Morgan fingerprint density at radius 2 is 1.60 bits per heavy atom. The van der Waals surface area contributed by atoms with Crippen molar-refractivity contribution in [3.05, 3.63) is 34.1 Å². The molecular formula is C19H24BrFN2O2. The van der Waals surface area contributed by atoms with Crippen molar-refractivity contribution in [2.24, 2.45) is 5.92 Å². The Labute approximate surface area is 156 Å². The molecule has 0 unspecified atom stereocenters. The van der Waals surface area contributed by atoms with E-state index in [1.165, 1.54) is 25.0 Å². The largest absolute Gasteiger partial charge is 0.342 e. The van der Waals surface area contributed by atoms with E-state index in [1.54, 1.807) is 11.0 Å². The van der Waals surface area contributed by atoms with Crippen LogP contribution in [-0.2, 0) is 4.79 Å². The molecule has 1 aromatic rings. The fraction of sp³-hybridized carbons (Fsp3) is 0.579. The number of rotatable bonds is 2. The van der Waals surface area contributed by atoms with Gasteiger partial charge in [0.2, 0.25) is 5.91 Å². The topological polar surface area (TPSA) is 40.6 Å². The molecule has 0 atom stereocenters. The van der Waals surface area contributed by atoms with E-state index in [-0.39, 0.29) is 23.3 Å². The average Bonchev–Trinajstić information content (AvgIpc) is 2.90. The number of piperidine rings is 1. The molecule has 136 valence electrons. The van der Waals surface area contributed by atoms with Crippen LogP contribution in [0.5, 0.6) is 0 Å². The highest BCUT2D eigenvalue weighted by molar-refractivity contribution is 9.10. The molecule has 0 N–H and O–H groups in total. The zero-order valence-electron chi connectivity index (χ0n) is 14.3. The number of nitrogens with zero attached hydrogens (tertiary/aromatic N) is 2. The molecule has 2 amide bonds. The Hall–Kier alpha value is -1.43. The molecule has 0 aliphatic carbocycles. The Morgan fingerprint density at radius 3 is 2.20 bits per heavy atom. The third-order valence-corrected chi connectivity index (χ3v) is 5.70. The maximum absolute atomic E-state index is 14.0. The summed E-state index contributed by atoms with van der Waals surface area (Å²) in [5.74, 6) is -0.562. The molecule has 2 aliphatic rings. The van der Waals surface area contributed by atoms with E-state index < -0.39 is 5.82 Å².